The Morgan fingerprint density at radius 2 is 1.44 bits per heavy atom. The Morgan fingerprint density at radius 1 is 0.833 bits per heavy atom. The van der Waals surface area contributed by atoms with Gasteiger partial charge in [-0.25, -0.2) is 12.0 Å². The van der Waals surface area contributed by atoms with Gasteiger partial charge in [0, 0.05) is 0 Å². The first-order chi connectivity index (χ1) is 24.7. The summed E-state index contributed by atoms with van der Waals surface area (Å²) in [5.74, 6) is 2.79. The first-order valence-corrected chi connectivity index (χ1v) is 21.8. The van der Waals surface area contributed by atoms with E-state index in [4.69, 9.17) is 0 Å². The monoisotopic (exact) mass is 842 g/mol. The number of halogens is 2. The van der Waals surface area contributed by atoms with E-state index in [1.54, 1.807) is 40.7 Å². The van der Waals surface area contributed by atoms with Crippen molar-refractivity contribution in [3.8, 4) is 0 Å². The fourth-order valence-electron chi connectivity index (χ4n) is 10.5. The Hall–Kier alpha value is -1.66. The Bertz CT molecular complexity index is 1650. The van der Waals surface area contributed by atoms with Gasteiger partial charge in [-0.05, 0) is 40.6 Å². The zero-order chi connectivity index (χ0) is 38.5. The molecule has 2 aromatic rings. The summed E-state index contributed by atoms with van der Waals surface area (Å²) in [6.45, 7) is 29.9. The first kappa shape index (κ1) is 48.5. The third-order valence-electron chi connectivity index (χ3n) is 15.0. The zero-order valence-electron chi connectivity index (χ0n) is 35.5. The summed E-state index contributed by atoms with van der Waals surface area (Å²) in [6, 6.07) is 21.7. The van der Waals surface area contributed by atoms with Crippen LogP contribution in [0.5, 0.6) is 0 Å². The summed E-state index contributed by atoms with van der Waals surface area (Å²) in [7, 11) is 0. The van der Waals surface area contributed by atoms with Crippen molar-refractivity contribution < 1.29 is 24.2 Å². The molecule has 8 rings (SSSR count). The summed E-state index contributed by atoms with van der Waals surface area (Å²) in [6.07, 6.45) is 23.5. The molecule has 6 aliphatic rings. The van der Waals surface area contributed by atoms with Crippen molar-refractivity contribution in [3.05, 3.63) is 137 Å². The first-order valence-electron chi connectivity index (χ1n) is 20.0. The second kappa shape index (κ2) is 19.7. The quantitative estimate of drug-likeness (QED) is 0.251. The maximum atomic E-state index is 3.37. The third-order valence-corrected chi connectivity index (χ3v) is 15.0. The van der Waals surface area contributed by atoms with Crippen molar-refractivity contribution in [3.63, 3.8) is 0 Å². The molecule has 0 bridgehead atoms. The van der Waals surface area contributed by atoms with Crippen molar-refractivity contribution in [2.45, 2.75) is 128 Å². The van der Waals surface area contributed by atoms with Crippen LogP contribution in [0.1, 0.15) is 132 Å². The van der Waals surface area contributed by atoms with Crippen LogP contribution >= 0.6 is 24.8 Å². The number of rotatable bonds is 1. The molecule has 2 aromatic carbocycles. The molecule has 0 N–H and O–H groups in total. The molecule has 296 valence electrons. The van der Waals surface area contributed by atoms with Gasteiger partial charge in [0.15, 0.2) is 0 Å². The molecule has 6 aliphatic carbocycles. The summed E-state index contributed by atoms with van der Waals surface area (Å²) in [5.41, 5.74) is 12.3. The molecule has 0 heterocycles. The molecule has 0 nitrogen and oxygen atoms in total. The van der Waals surface area contributed by atoms with Crippen LogP contribution in [0.4, 0.5) is 0 Å². The summed E-state index contributed by atoms with van der Waals surface area (Å²) >= 11 is 1.30. The normalized spacial score (nSPS) is 26.6. The summed E-state index contributed by atoms with van der Waals surface area (Å²) < 4.78 is 3.34. The van der Waals surface area contributed by atoms with Crippen molar-refractivity contribution >= 4 is 34.6 Å². The van der Waals surface area contributed by atoms with Crippen LogP contribution in [-0.2, 0) is 30.7 Å². The van der Waals surface area contributed by atoms with Gasteiger partial charge < -0.3 is 6.92 Å². The van der Waals surface area contributed by atoms with Gasteiger partial charge in [0.2, 0.25) is 0 Å². The van der Waals surface area contributed by atoms with Crippen molar-refractivity contribution in [2.75, 3.05) is 0 Å². The number of fused-ring (bicyclic) bond motifs is 6. The van der Waals surface area contributed by atoms with Gasteiger partial charge in [0.05, 0.1) is 0 Å². The standard InChI is InChI=1S/C29H37.C13H19.C6H5.C2H5.CH2.2ClH.Zr/c1-18-25-22-17-19-13-9-10-14-20(19)24(22)21-15-11-12-16-23(21)29(25,8)28(6,7)27(4,5)26(18,2)3;1-11-6-7-12(10-11)13(2)8-4-3-5-9-13;1-2-4-6-5-3-1;1-2;;;;/h9-11,13-15,23H,12,16-17H2,1-8H3;7,10-11H,3-5,8-9H2,1-2H3;1-5H;1H2,2H3;1H2;2*1H;/q4*-1;;;;. The topological polar surface area (TPSA) is 0 Å². The van der Waals surface area contributed by atoms with Gasteiger partial charge in [0.25, 0.3) is 0 Å². The SMILES string of the molecule is CC1[C-]=CC(C2(C)CCCCC2)=C1.C[C-]1C2=C3Cc4ccccc4C3=C3C=CCCC3C2(C)C(C)(C)C(C)(C)C1(C)C.Cl.Cl.[CH2-]C.[CH2]=[Zr].[c-]1ccccc1. The maximum Gasteiger partial charge on any atom is -0.171 e. The summed E-state index contributed by atoms with van der Waals surface area (Å²) in [5, 5.41) is 0. The van der Waals surface area contributed by atoms with Crippen LogP contribution in [0, 0.1) is 63.9 Å². The molecule has 2 saturated carbocycles. The minimum absolute atomic E-state index is 0. The van der Waals surface area contributed by atoms with E-state index in [2.05, 4.69) is 141 Å². The number of hydrogen-bond donors (Lipinski definition) is 0. The second-order valence-electron chi connectivity index (χ2n) is 17.7. The number of hydrogen-bond acceptors (Lipinski definition) is 0. The molecule has 0 aliphatic heterocycles. The van der Waals surface area contributed by atoms with Gasteiger partial charge in [-0.3, -0.25) is 6.08 Å². The fraction of sp³-hybridized carbons (Fsp3) is 0.510. The van der Waals surface area contributed by atoms with Crippen LogP contribution in [-0.4, -0.2) is 4.21 Å². The van der Waals surface area contributed by atoms with Crippen LogP contribution in [0.2, 0.25) is 0 Å². The van der Waals surface area contributed by atoms with E-state index in [1.165, 1.54) is 80.3 Å². The van der Waals surface area contributed by atoms with Gasteiger partial charge in [0.1, 0.15) is 0 Å². The average Bonchev–Trinajstić information content (AvgIpc) is 3.78. The zero-order valence-corrected chi connectivity index (χ0v) is 39.6. The van der Waals surface area contributed by atoms with Crippen molar-refractivity contribution in [1.82, 2.24) is 0 Å². The minimum atomic E-state index is 0. The Morgan fingerprint density at radius 3 is 1.98 bits per heavy atom. The fourth-order valence-corrected chi connectivity index (χ4v) is 10.5. The smallest absolute Gasteiger partial charge is 0.171 e. The average molecular weight is 845 g/mol. The van der Waals surface area contributed by atoms with Crippen molar-refractivity contribution in [2.24, 2.45) is 38.9 Å². The maximum absolute atomic E-state index is 3.37. The van der Waals surface area contributed by atoms with E-state index in [9.17, 15) is 0 Å². The van der Waals surface area contributed by atoms with E-state index in [1.807, 2.05) is 30.3 Å². The minimum Gasteiger partial charge on any atom is -0.184 e. The van der Waals surface area contributed by atoms with Crippen molar-refractivity contribution in [1.29, 1.82) is 0 Å². The molecule has 0 saturated heterocycles. The van der Waals surface area contributed by atoms with Gasteiger partial charge in [-0.2, -0.15) is 66.1 Å². The van der Waals surface area contributed by atoms with Gasteiger partial charge in [-0.15, -0.1) is 31.7 Å². The van der Waals surface area contributed by atoms with E-state index in [0.29, 0.717) is 17.3 Å². The molecular formula is C51H70Cl2Zr-4. The molecular weight excluding hydrogens is 775 g/mol. The Balaban J connectivity index is 0.000000335. The van der Waals surface area contributed by atoms with E-state index in [-0.39, 0.29) is 46.5 Å². The molecule has 54 heavy (non-hydrogen) atoms. The van der Waals surface area contributed by atoms with Crippen LogP contribution in [0.15, 0.2) is 101 Å². The van der Waals surface area contributed by atoms with Gasteiger partial charge >= 0.3 is 28.4 Å². The molecule has 3 atom stereocenters. The second-order valence-corrected chi connectivity index (χ2v) is 17.7. The van der Waals surface area contributed by atoms with E-state index < -0.39 is 0 Å². The van der Waals surface area contributed by atoms with E-state index >= 15 is 0 Å². The molecule has 2 fully saturated rings. The number of allylic oxidation sites excluding steroid dienone is 10. The van der Waals surface area contributed by atoms with Crippen LogP contribution in [0.3, 0.4) is 0 Å². The molecule has 0 spiro atoms. The molecule has 0 radical (unpaired) electrons. The Labute approximate surface area is 360 Å². The predicted molar refractivity (Wildman–Crippen MR) is 239 cm³/mol. The molecule has 0 amide bonds. The molecule has 3 heteroatoms. The number of benzene rings is 2. The predicted octanol–water partition coefficient (Wildman–Crippen LogP) is 15.0. The Kier molecular flexibility index (Phi) is 17.7. The van der Waals surface area contributed by atoms with E-state index in [0.717, 1.165) is 6.42 Å². The van der Waals surface area contributed by atoms with Crippen LogP contribution in [0.25, 0.3) is 5.57 Å². The summed E-state index contributed by atoms with van der Waals surface area (Å²) in [4.78, 5) is 0. The largest absolute Gasteiger partial charge is 0.184 e. The van der Waals surface area contributed by atoms with Gasteiger partial charge in [-0.1, -0.05) is 171 Å². The van der Waals surface area contributed by atoms with Crippen LogP contribution < -0.4 is 0 Å². The third kappa shape index (κ3) is 8.46. The molecule has 3 unspecified atom stereocenters. The molecule has 0 aromatic heterocycles.